The molecule has 41 heavy (non-hydrogen) atoms. The summed E-state index contributed by atoms with van der Waals surface area (Å²) in [5.74, 6) is -1.51. The normalized spacial score (nSPS) is 22.8. The van der Waals surface area contributed by atoms with E-state index < -0.39 is 17.6 Å². The third-order valence-electron chi connectivity index (χ3n) is 8.17. The SMILES string of the molecule is CSC[C@@H]1CC[C@@H](COC2CCC(C(=O)O)CC2)N1C(=O)Cc1ccc2nc(Nc3cc(F)ccc3C)oc2c1F. The van der Waals surface area contributed by atoms with Crippen LogP contribution in [0.1, 0.15) is 49.7 Å². The molecular formula is C30H35F2N3O5S. The minimum atomic E-state index is -0.749. The average Bonchev–Trinajstić information content (AvgIpc) is 3.55. The maximum atomic E-state index is 15.6. The number of halogens is 2. The topological polar surface area (TPSA) is 105 Å². The van der Waals surface area contributed by atoms with E-state index in [1.54, 1.807) is 36.9 Å². The van der Waals surface area contributed by atoms with E-state index in [2.05, 4.69) is 10.3 Å². The molecule has 2 heterocycles. The highest BCUT2D eigenvalue weighted by atomic mass is 32.2. The number of rotatable bonds is 10. The lowest BCUT2D eigenvalue weighted by atomic mass is 9.87. The fourth-order valence-corrected chi connectivity index (χ4v) is 6.61. The number of anilines is 2. The van der Waals surface area contributed by atoms with E-state index in [4.69, 9.17) is 9.15 Å². The summed E-state index contributed by atoms with van der Waals surface area (Å²) in [7, 11) is 0. The number of aromatic nitrogens is 1. The largest absolute Gasteiger partial charge is 0.481 e. The van der Waals surface area contributed by atoms with Gasteiger partial charge in [-0.25, -0.2) is 8.78 Å². The fraction of sp³-hybridized carbons (Fsp3) is 0.500. The Morgan fingerprint density at radius 3 is 2.61 bits per heavy atom. The van der Waals surface area contributed by atoms with Crippen LogP contribution in [0.15, 0.2) is 34.7 Å². The van der Waals surface area contributed by atoms with Crippen molar-refractivity contribution in [1.29, 1.82) is 0 Å². The minimum Gasteiger partial charge on any atom is -0.481 e. The van der Waals surface area contributed by atoms with Crippen molar-refractivity contribution in [2.75, 3.05) is 23.9 Å². The van der Waals surface area contributed by atoms with Crippen LogP contribution in [0.3, 0.4) is 0 Å². The number of carbonyl (C=O) groups is 2. The lowest BCUT2D eigenvalue weighted by molar-refractivity contribution is -0.144. The Morgan fingerprint density at radius 1 is 1.12 bits per heavy atom. The molecule has 0 unspecified atom stereocenters. The summed E-state index contributed by atoms with van der Waals surface area (Å²) in [6, 6.07) is 7.42. The number of hydrogen-bond donors (Lipinski definition) is 2. The fourth-order valence-electron chi connectivity index (χ4n) is 5.90. The highest BCUT2D eigenvalue weighted by molar-refractivity contribution is 7.98. The van der Waals surface area contributed by atoms with Gasteiger partial charge in [0, 0.05) is 23.0 Å². The maximum Gasteiger partial charge on any atom is 0.306 e. The Hall–Kier alpha value is -3.18. The second kappa shape index (κ2) is 12.8. The molecule has 0 radical (unpaired) electrons. The molecule has 1 amide bonds. The van der Waals surface area contributed by atoms with Gasteiger partial charge in [0.15, 0.2) is 11.4 Å². The predicted molar refractivity (Wildman–Crippen MR) is 153 cm³/mol. The molecule has 1 saturated carbocycles. The van der Waals surface area contributed by atoms with Crippen LogP contribution >= 0.6 is 11.8 Å². The quantitative estimate of drug-likeness (QED) is 0.294. The zero-order chi connectivity index (χ0) is 29.1. The molecule has 11 heteroatoms. The first-order valence-corrected chi connectivity index (χ1v) is 15.4. The van der Waals surface area contributed by atoms with E-state index in [0.29, 0.717) is 43.5 Å². The van der Waals surface area contributed by atoms with Gasteiger partial charge in [-0.2, -0.15) is 16.7 Å². The summed E-state index contributed by atoms with van der Waals surface area (Å²) in [6.45, 7) is 2.19. The van der Waals surface area contributed by atoms with Crippen molar-refractivity contribution in [3.63, 3.8) is 0 Å². The number of nitrogens with one attached hydrogen (secondary N) is 1. The zero-order valence-corrected chi connectivity index (χ0v) is 24.0. The first kappa shape index (κ1) is 29.3. The summed E-state index contributed by atoms with van der Waals surface area (Å²) < 4.78 is 41.1. The number of oxazole rings is 1. The van der Waals surface area contributed by atoms with Gasteiger partial charge in [-0.1, -0.05) is 12.1 Å². The summed E-state index contributed by atoms with van der Waals surface area (Å²) >= 11 is 1.67. The molecule has 2 aliphatic rings. The van der Waals surface area contributed by atoms with Gasteiger partial charge in [-0.3, -0.25) is 9.59 Å². The number of carboxylic acid groups (broad SMARTS) is 1. The summed E-state index contributed by atoms with van der Waals surface area (Å²) in [5, 5.41) is 12.1. The second-order valence-electron chi connectivity index (χ2n) is 11.0. The van der Waals surface area contributed by atoms with Crippen molar-refractivity contribution in [1.82, 2.24) is 9.88 Å². The number of carbonyl (C=O) groups excluding carboxylic acids is 1. The molecule has 1 aliphatic heterocycles. The van der Waals surface area contributed by atoms with Crippen LogP contribution in [-0.4, -0.2) is 63.7 Å². The number of carboxylic acids is 1. The van der Waals surface area contributed by atoms with Crippen LogP contribution in [0, 0.1) is 24.5 Å². The van der Waals surface area contributed by atoms with E-state index in [1.807, 2.05) is 11.2 Å². The Kier molecular flexibility index (Phi) is 9.13. The van der Waals surface area contributed by atoms with E-state index in [1.165, 1.54) is 12.1 Å². The molecule has 5 rings (SSSR count). The molecule has 0 bridgehead atoms. The number of benzene rings is 2. The Labute approximate surface area is 241 Å². The molecule has 3 aromatic rings. The molecule has 8 nitrogen and oxygen atoms in total. The molecule has 2 N–H and O–H groups in total. The van der Waals surface area contributed by atoms with E-state index in [9.17, 15) is 19.1 Å². The smallest absolute Gasteiger partial charge is 0.306 e. The number of thioether (sulfide) groups is 1. The summed E-state index contributed by atoms with van der Waals surface area (Å²) in [4.78, 5) is 31.0. The van der Waals surface area contributed by atoms with Gasteiger partial charge < -0.3 is 24.5 Å². The number of nitrogens with zero attached hydrogens (tertiary/aromatic N) is 2. The van der Waals surface area contributed by atoms with Gasteiger partial charge >= 0.3 is 5.97 Å². The van der Waals surface area contributed by atoms with Crippen molar-refractivity contribution in [2.24, 2.45) is 5.92 Å². The van der Waals surface area contributed by atoms with E-state index >= 15 is 4.39 Å². The number of aliphatic carboxylic acids is 1. The van der Waals surface area contributed by atoms with Crippen molar-refractivity contribution in [2.45, 2.75) is 70.1 Å². The number of aryl methyl sites for hydroxylation is 1. The monoisotopic (exact) mass is 587 g/mol. The number of amides is 1. The summed E-state index contributed by atoms with van der Waals surface area (Å²) in [6.07, 6.45) is 6.13. The Morgan fingerprint density at radius 2 is 1.88 bits per heavy atom. The highest BCUT2D eigenvalue weighted by Gasteiger charge is 2.38. The standard InChI is InChI=1S/C30H35F2N3O5S/c1-17-3-7-20(31)14-25(17)34-30-33-24-12-6-19(27(32)28(24)40-30)13-26(36)35-21(8-9-22(35)16-41-2)15-39-23-10-4-18(5-11-23)29(37)38/h3,6-7,12,14,18,21-23H,4-5,8-11,13,15-16H2,1-2H3,(H,33,34)(H,37,38)/t18?,21-,22-,23?/m0/s1. The molecule has 2 fully saturated rings. The first-order valence-electron chi connectivity index (χ1n) is 14.0. The van der Waals surface area contributed by atoms with Gasteiger partial charge in [-0.05, 0) is 75.5 Å². The van der Waals surface area contributed by atoms with Crippen LogP contribution in [-0.2, 0) is 20.7 Å². The minimum absolute atomic E-state index is 0.00701. The van der Waals surface area contributed by atoms with Crippen molar-refractivity contribution in [3.05, 3.63) is 53.1 Å². The molecule has 1 saturated heterocycles. The predicted octanol–water partition coefficient (Wildman–Crippen LogP) is 6.08. The third-order valence-corrected chi connectivity index (χ3v) is 8.89. The van der Waals surface area contributed by atoms with Crippen molar-refractivity contribution in [3.8, 4) is 0 Å². The van der Waals surface area contributed by atoms with Gasteiger partial charge in [0.05, 0.1) is 31.1 Å². The lowest BCUT2D eigenvalue weighted by Gasteiger charge is -2.32. The van der Waals surface area contributed by atoms with Gasteiger partial charge in [0.25, 0.3) is 6.01 Å². The molecule has 1 aromatic heterocycles. The zero-order valence-electron chi connectivity index (χ0n) is 23.2. The van der Waals surface area contributed by atoms with E-state index in [-0.39, 0.29) is 53.6 Å². The third kappa shape index (κ3) is 6.67. The molecular weight excluding hydrogens is 552 g/mol. The molecule has 0 spiro atoms. The molecule has 2 aromatic carbocycles. The van der Waals surface area contributed by atoms with Crippen LogP contribution in [0.25, 0.3) is 11.1 Å². The van der Waals surface area contributed by atoms with Crippen molar-refractivity contribution < 1.29 is 32.6 Å². The van der Waals surface area contributed by atoms with Crippen LogP contribution in [0.4, 0.5) is 20.5 Å². The second-order valence-corrected chi connectivity index (χ2v) is 11.9. The van der Waals surface area contributed by atoms with Crippen molar-refractivity contribution >= 4 is 46.4 Å². The number of likely N-dealkylation sites (tertiary alicyclic amines) is 1. The number of hydrogen-bond acceptors (Lipinski definition) is 7. The average molecular weight is 588 g/mol. The van der Waals surface area contributed by atoms with Gasteiger partial charge in [0.2, 0.25) is 5.91 Å². The highest BCUT2D eigenvalue weighted by Crippen LogP contribution is 2.32. The Balaban J connectivity index is 1.27. The number of ether oxygens (including phenoxy) is 1. The van der Waals surface area contributed by atoms with Gasteiger partial charge in [-0.15, -0.1) is 0 Å². The van der Waals surface area contributed by atoms with Crippen LogP contribution in [0.2, 0.25) is 0 Å². The van der Waals surface area contributed by atoms with Crippen LogP contribution in [0.5, 0.6) is 0 Å². The first-order chi connectivity index (χ1) is 19.7. The molecule has 220 valence electrons. The molecule has 2 atom stereocenters. The summed E-state index contributed by atoms with van der Waals surface area (Å²) in [5.41, 5.74) is 1.68. The number of fused-ring (bicyclic) bond motifs is 1. The van der Waals surface area contributed by atoms with Gasteiger partial charge in [0.1, 0.15) is 11.3 Å². The van der Waals surface area contributed by atoms with Crippen LogP contribution < -0.4 is 5.32 Å². The Bertz CT molecular complexity index is 1410. The molecule has 1 aliphatic carbocycles. The lowest BCUT2D eigenvalue weighted by Crippen LogP contribution is -2.45. The van der Waals surface area contributed by atoms with E-state index in [0.717, 1.165) is 24.2 Å². The maximum absolute atomic E-state index is 15.6.